The van der Waals surface area contributed by atoms with Crippen molar-refractivity contribution < 1.29 is 14.3 Å². The lowest BCUT2D eigenvalue weighted by Crippen LogP contribution is -2.07. The predicted octanol–water partition coefficient (Wildman–Crippen LogP) is 10.0. The molecule has 206 valence electrons. The topological polar surface area (TPSA) is 35.5 Å². The van der Waals surface area contributed by atoms with Gasteiger partial charge in [-0.3, -0.25) is 4.79 Å². The summed E-state index contributed by atoms with van der Waals surface area (Å²) in [6.45, 7) is 3.30. The van der Waals surface area contributed by atoms with Crippen molar-refractivity contribution >= 4 is 5.97 Å². The minimum absolute atomic E-state index is 0.0619. The van der Waals surface area contributed by atoms with Crippen molar-refractivity contribution in [1.82, 2.24) is 0 Å². The molecule has 3 nitrogen and oxygen atoms in total. The van der Waals surface area contributed by atoms with Crippen molar-refractivity contribution in [2.45, 2.75) is 129 Å². The van der Waals surface area contributed by atoms with E-state index in [1.54, 1.807) is 0 Å². The number of esters is 1. The number of carbonyl (C=O) groups is 1. The minimum atomic E-state index is -0.0619. The highest BCUT2D eigenvalue weighted by Crippen LogP contribution is 2.16. The van der Waals surface area contributed by atoms with Crippen LogP contribution in [0.15, 0.2) is 54.6 Å². The lowest BCUT2D eigenvalue weighted by Gasteiger charge is -2.08. The zero-order chi connectivity index (χ0) is 26.2. The van der Waals surface area contributed by atoms with Gasteiger partial charge in [0, 0.05) is 12.8 Å². The lowest BCUT2D eigenvalue weighted by molar-refractivity contribution is -0.143. The first-order chi connectivity index (χ1) is 18.3. The van der Waals surface area contributed by atoms with Gasteiger partial charge < -0.3 is 9.47 Å². The van der Waals surface area contributed by atoms with Gasteiger partial charge in [-0.05, 0) is 29.7 Å². The van der Waals surface area contributed by atoms with Gasteiger partial charge in [-0.2, -0.15) is 0 Å². The third-order valence-electron chi connectivity index (χ3n) is 7.06. The fraction of sp³-hybridized carbons (Fsp3) is 0.618. The van der Waals surface area contributed by atoms with E-state index in [0.717, 1.165) is 36.1 Å². The maximum Gasteiger partial charge on any atom is 0.305 e. The van der Waals surface area contributed by atoms with Gasteiger partial charge in [0.05, 0.1) is 6.61 Å². The van der Waals surface area contributed by atoms with Crippen molar-refractivity contribution in [3.63, 3.8) is 0 Å². The van der Waals surface area contributed by atoms with Crippen LogP contribution in [-0.4, -0.2) is 12.6 Å². The Balaban J connectivity index is 1.35. The molecule has 0 bridgehead atoms. The second kappa shape index (κ2) is 21.8. The Morgan fingerprint density at radius 2 is 1.11 bits per heavy atom. The first-order valence-corrected chi connectivity index (χ1v) is 15.2. The first kappa shape index (κ1) is 30.9. The number of carbonyl (C=O) groups excluding carboxylic acids is 1. The third kappa shape index (κ3) is 17.0. The first-order valence-electron chi connectivity index (χ1n) is 15.2. The van der Waals surface area contributed by atoms with Crippen LogP contribution in [0.3, 0.4) is 0 Å². The van der Waals surface area contributed by atoms with Crippen LogP contribution in [0.4, 0.5) is 0 Å². The van der Waals surface area contributed by atoms with E-state index in [2.05, 4.69) is 19.1 Å². The van der Waals surface area contributed by atoms with E-state index in [1.165, 1.54) is 89.9 Å². The average Bonchev–Trinajstić information content (AvgIpc) is 2.93. The molecular weight excluding hydrogens is 456 g/mol. The fourth-order valence-electron chi connectivity index (χ4n) is 4.67. The second-order valence-corrected chi connectivity index (χ2v) is 10.4. The van der Waals surface area contributed by atoms with Crippen LogP contribution < -0.4 is 4.74 Å². The molecule has 37 heavy (non-hydrogen) atoms. The van der Waals surface area contributed by atoms with E-state index in [1.807, 2.05) is 42.5 Å². The average molecular weight is 509 g/mol. The molecule has 0 aliphatic heterocycles. The van der Waals surface area contributed by atoms with Crippen molar-refractivity contribution in [3.8, 4) is 5.75 Å². The van der Waals surface area contributed by atoms with E-state index in [9.17, 15) is 4.79 Å². The Kier molecular flexibility index (Phi) is 18.2. The smallest absolute Gasteiger partial charge is 0.305 e. The molecule has 0 heterocycles. The Morgan fingerprint density at radius 3 is 1.65 bits per heavy atom. The summed E-state index contributed by atoms with van der Waals surface area (Å²) < 4.78 is 11.3. The number of rotatable bonds is 23. The molecule has 0 amide bonds. The summed E-state index contributed by atoms with van der Waals surface area (Å²) in [4.78, 5) is 12.0. The Bertz CT molecular complexity index is 784. The molecule has 2 rings (SSSR count). The Morgan fingerprint density at radius 1 is 0.595 bits per heavy atom. The maximum atomic E-state index is 12.0. The molecule has 2 aromatic rings. The van der Waals surface area contributed by atoms with Crippen molar-refractivity contribution in [2.75, 3.05) is 6.61 Å². The maximum absolute atomic E-state index is 12.0. The normalized spacial score (nSPS) is 10.9. The van der Waals surface area contributed by atoms with Gasteiger partial charge in [-0.1, -0.05) is 146 Å². The summed E-state index contributed by atoms with van der Waals surface area (Å²) in [6.07, 6.45) is 22.8. The zero-order valence-electron chi connectivity index (χ0n) is 23.6. The number of ether oxygens (including phenoxy) is 2. The molecule has 0 N–H and O–H groups in total. The molecule has 0 saturated carbocycles. The summed E-state index contributed by atoms with van der Waals surface area (Å²) in [7, 11) is 0. The predicted molar refractivity (Wildman–Crippen MR) is 156 cm³/mol. The van der Waals surface area contributed by atoms with Crippen LogP contribution in [-0.2, 0) is 22.6 Å². The van der Waals surface area contributed by atoms with E-state index in [0.29, 0.717) is 19.6 Å². The quantitative estimate of drug-likeness (QED) is 0.111. The van der Waals surface area contributed by atoms with Crippen LogP contribution in [0.2, 0.25) is 0 Å². The highest BCUT2D eigenvalue weighted by molar-refractivity contribution is 5.69. The molecule has 0 atom stereocenters. The second-order valence-electron chi connectivity index (χ2n) is 10.4. The van der Waals surface area contributed by atoms with E-state index in [4.69, 9.17) is 9.47 Å². The molecule has 0 fully saturated rings. The van der Waals surface area contributed by atoms with Crippen LogP contribution >= 0.6 is 0 Å². The molecule has 0 unspecified atom stereocenters. The van der Waals surface area contributed by atoms with E-state index < -0.39 is 0 Å². The van der Waals surface area contributed by atoms with E-state index >= 15 is 0 Å². The molecule has 2 aromatic carbocycles. The molecular formula is C34H52O3. The van der Waals surface area contributed by atoms with Crippen LogP contribution in [0, 0.1) is 0 Å². The number of unbranched alkanes of at least 4 members (excludes halogenated alkanes) is 15. The lowest BCUT2D eigenvalue weighted by atomic mass is 10.0. The fourth-order valence-corrected chi connectivity index (χ4v) is 4.67. The summed E-state index contributed by atoms with van der Waals surface area (Å²) in [5, 5.41) is 0. The van der Waals surface area contributed by atoms with Gasteiger partial charge in [0.1, 0.15) is 12.4 Å². The van der Waals surface area contributed by atoms with Gasteiger partial charge in [0.15, 0.2) is 0 Å². The van der Waals surface area contributed by atoms with Crippen LogP contribution in [0.5, 0.6) is 5.75 Å². The van der Waals surface area contributed by atoms with Gasteiger partial charge >= 0.3 is 5.97 Å². The molecule has 0 aliphatic carbocycles. The number of hydrogen-bond acceptors (Lipinski definition) is 3. The van der Waals surface area contributed by atoms with Gasteiger partial charge in [0.25, 0.3) is 0 Å². The standard InChI is InChI=1S/C34H52O3/c1-2-3-4-5-6-7-8-9-10-11-12-13-14-15-16-20-23-34(35)36-29-28-31-24-26-33(27-25-31)37-30-32-21-18-17-19-22-32/h17-19,21-22,24-27H,2-16,20,23,28-30H2,1H3. The Labute approximate surface area is 227 Å². The molecule has 0 spiro atoms. The van der Waals surface area contributed by atoms with Crippen LogP contribution in [0.25, 0.3) is 0 Å². The van der Waals surface area contributed by atoms with Gasteiger partial charge in [-0.25, -0.2) is 0 Å². The molecule has 0 aliphatic rings. The third-order valence-corrected chi connectivity index (χ3v) is 7.06. The summed E-state index contributed by atoms with van der Waals surface area (Å²) in [6, 6.07) is 18.2. The monoisotopic (exact) mass is 508 g/mol. The largest absolute Gasteiger partial charge is 0.489 e. The Hall–Kier alpha value is -2.29. The number of benzene rings is 2. The highest BCUT2D eigenvalue weighted by Gasteiger charge is 2.04. The molecule has 0 saturated heterocycles. The van der Waals surface area contributed by atoms with Gasteiger partial charge in [0.2, 0.25) is 0 Å². The summed E-state index contributed by atoms with van der Waals surface area (Å²) in [5.74, 6) is 0.793. The van der Waals surface area contributed by atoms with Crippen molar-refractivity contribution in [3.05, 3.63) is 65.7 Å². The van der Waals surface area contributed by atoms with Crippen molar-refractivity contribution in [1.29, 1.82) is 0 Å². The minimum Gasteiger partial charge on any atom is -0.489 e. The highest BCUT2D eigenvalue weighted by atomic mass is 16.5. The van der Waals surface area contributed by atoms with E-state index in [-0.39, 0.29) is 5.97 Å². The summed E-state index contributed by atoms with van der Waals surface area (Å²) in [5.41, 5.74) is 2.31. The molecule has 0 radical (unpaired) electrons. The van der Waals surface area contributed by atoms with Crippen LogP contribution in [0.1, 0.15) is 127 Å². The molecule has 3 heteroatoms. The zero-order valence-corrected chi connectivity index (χ0v) is 23.6. The van der Waals surface area contributed by atoms with Crippen molar-refractivity contribution in [2.24, 2.45) is 0 Å². The molecule has 0 aromatic heterocycles. The SMILES string of the molecule is CCCCCCCCCCCCCCCCCCC(=O)OCCc1ccc(OCc2ccccc2)cc1. The summed E-state index contributed by atoms with van der Waals surface area (Å²) >= 11 is 0. The number of hydrogen-bond donors (Lipinski definition) is 0. The van der Waals surface area contributed by atoms with Gasteiger partial charge in [-0.15, -0.1) is 0 Å².